The molecular weight excluding hydrogens is 449 g/mol. The summed E-state index contributed by atoms with van der Waals surface area (Å²) in [7, 11) is -2.51. The van der Waals surface area contributed by atoms with E-state index in [1.54, 1.807) is 36.4 Å². The monoisotopic (exact) mass is 467 g/mol. The first-order valence-electron chi connectivity index (χ1n) is 9.69. The number of halogens is 1. The molecule has 1 heterocycles. The summed E-state index contributed by atoms with van der Waals surface area (Å²) < 4.78 is 52.3. The van der Waals surface area contributed by atoms with Gasteiger partial charge in [-0.25, -0.2) is 17.5 Å². The van der Waals surface area contributed by atoms with Gasteiger partial charge >= 0.3 is 0 Å². The van der Waals surface area contributed by atoms with E-state index in [1.807, 2.05) is 0 Å². The molecule has 0 radical (unpaired) electrons. The number of benzene rings is 3. The van der Waals surface area contributed by atoms with E-state index >= 15 is 0 Å². The number of aromatic nitrogens is 3. The van der Waals surface area contributed by atoms with Crippen molar-refractivity contribution < 1.29 is 27.1 Å². The summed E-state index contributed by atoms with van der Waals surface area (Å²) in [4.78, 5) is 10.4. The zero-order chi connectivity index (χ0) is 23.4. The van der Waals surface area contributed by atoms with E-state index in [0.29, 0.717) is 17.6 Å². The number of methoxy groups -OCH3 is 1. The van der Waals surface area contributed by atoms with Crippen molar-refractivity contribution in [2.45, 2.75) is 16.4 Å². The number of hydrogen-bond acceptors (Lipinski definition) is 7. The van der Waals surface area contributed by atoms with Gasteiger partial charge in [-0.05, 0) is 35.9 Å². The highest BCUT2D eigenvalue weighted by atomic mass is 32.2. The van der Waals surface area contributed by atoms with Crippen LogP contribution < -0.4 is 4.74 Å². The van der Waals surface area contributed by atoms with Crippen LogP contribution in [0.25, 0.3) is 16.9 Å². The number of nitrogens with zero attached hydrogens (tertiary/aromatic N) is 3. The molecule has 0 aliphatic carbocycles. The summed E-state index contributed by atoms with van der Waals surface area (Å²) in [6, 6.07) is 16.7. The van der Waals surface area contributed by atoms with Gasteiger partial charge in [0.2, 0.25) is 9.84 Å². The van der Waals surface area contributed by atoms with Crippen molar-refractivity contribution in [1.29, 1.82) is 0 Å². The molecule has 10 heteroatoms. The van der Waals surface area contributed by atoms with Crippen molar-refractivity contribution in [1.82, 2.24) is 15.0 Å². The molecule has 0 spiro atoms. The minimum absolute atomic E-state index is 0.0226. The van der Waals surface area contributed by atoms with Gasteiger partial charge in [0.1, 0.15) is 23.7 Å². The normalized spacial score (nSPS) is 11.2. The highest BCUT2D eigenvalue weighted by molar-refractivity contribution is 7.91. The van der Waals surface area contributed by atoms with Crippen LogP contribution in [0, 0.1) is 5.82 Å². The third-order valence-corrected chi connectivity index (χ3v) is 6.72. The lowest BCUT2D eigenvalue weighted by Gasteiger charge is -2.10. The molecule has 3 aromatic carbocycles. The largest absolute Gasteiger partial charge is 0.494 e. The Hall–Kier alpha value is -4.05. The van der Waals surface area contributed by atoms with Gasteiger partial charge < -0.3 is 9.47 Å². The van der Waals surface area contributed by atoms with E-state index in [9.17, 15) is 17.6 Å². The fraction of sp³-hybridized carbons (Fsp3) is 0.0870. The fourth-order valence-electron chi connectivity index (χ4n) is 3.31. The number of ether oxygens (including phenoxy) is 2. The molecule has 4 rings (SSSR count). The van der Waals surface area contributed by atoms with Gasteiger partial charge in [-0.15, -0.1) is 5.10 Å². The van der Waals surface area contributed by atoms with Crippen LogP contribution >= 0.6 is 0 Å². The summed E-state index contributed by atoms with van der Waals surface area (Å²) in [5, 5.41) is 8.05. The standard InChI is InChI=1S/C23H18FN3O5S/c1-31-21-7-4-6-19(24)23(21)27-13-20(25-26-27)18-5-2-3-8-22(18)33(29,30)17-11-9-16(10-12-17)14-32-15-28/h2-13,15H,14H2,1H3. The van der Waals surface area contributed by atoms with Gasteiger partial charge in [0.25, 0.3) is 6.47 Å². The molecule has 0 aliphatic heterocycles. The lowest BCUT2D eigenvalue weighted by molar-refractivity contribution is -0.129. The molecule has 4 aromatic rings. The molecule has 0 saturated heterocycles. The van der Waals surface area contributed by atoms with Crippen molar-refractivity contribution >= 4 is 16.3 Å². The third-order valence-electron chi connectivity index (χ3n) is 4.90. The number of hydrogen-bond donors (Lipinski definition) is 0. The van der Waals surface area contributed by atoms with Crippen molar-refractivity contribution in [2.75, 3.05) is 7.11 Å². The zero-order valence-electron chi connectivity index (χ0n) is 17.4. The predicted octanol–water partition coefficient (Wildman–Crippen LogP) is 3.59. The highest BCUT2D eigenvalue weighted by Crippen LogP contribution is 2.32. The van der Waals surface area contributed by atoms with Crippen LogP contribution in [0.2, 0.25) is 0 Å². The Labute approximate surface area is 189 Å². The topological polar surface area (TPSA) is 100 Å². The van der Waals surface area contributed by atoms with Crippen molar-refractivity contribution in [3.05, 3.63) is 84.3 Å². The fourth-order valence-corrected chi connectivity index (χ4v) is 4.78. The number of carbonyl (C=O) groups is 1. The summed E-state index contributed by atoms with van der Waals surface area (Å²) in [5.74, 6) is -0.309. The summed E-state index contributed by atoms with van der Waals surface area (Å²) in [5.41, 5.74) is 1.27. The number of rotatable bonds is 8. The Morgan fingerprint density at radius 2 is 1.79 bits per heavy atom. The van der Waals surface area contributed by atoms with E-state index in [0.717, 1.165) is 0 Å². The molecule has 0 atom stereocenters. The van der Waals surface area contributed by atoms with Crippen LogP contribution in [-0.2, 0) is 26.0 Å². The van der Waals surface area contributed by atoms with Crippen molar-refractivity contribution in [2.24, 2.45) is 0 Å². The summed E-state index contributed by atoms with van der Waals surface area (Å²) in [6.45, 7) is 0.369. The SMILES string of the molecule is COc1cccc(F)c1-n1cc(-c2ccccc2S(=O)(=O)c2ccc(COC=O)cc2)nn1. The van der Waals surface area contributed by atoms with Crippen LogP contribution in [0.1, 0.15) is 5.56 Å². The first kappa shape index (κ1) is 22.2. The van der Waals surface area contributed by atoms with Gasteiger partial charge in [-0.1, -0.05) is 41.6 Å². The molecule has 0 saturated carbocycles. The lowest BCUT2D eigenvalue weighted by Crippen LogP contribution is -2.04. The smallest absolute Gasteiger partial charge is 0.293 e. The van der Waals surface area contributed by atoms with Crippen LogP contribution in [0.3, 0.4) is 0 Å². The van der Waals surface area contributed by atoms with Gasteiger partial charge in [0.05, 0.1) is 23.1 Å². The van der Waals surface area contributed by atoms with Gasteiger partial charge in [-0.3, -0.25) is 4.79 Å². The molecular formula is C23H18FN3O5S. The highest BCUT2D eigenvalue weighted by Gasteiger charge is 2.24. The predicted molar refractivity (Wildman–Crippen MR) is 116 cm³/mol. The number of carbonyl (C=O) groups excluding carboxylic acids is 1. The molecule has 1 aromatic heterocycles. The van der Waals surface area contributed by atoms with Crippen molar-refractivity contribution in [3.63, 3.8) is 0 Å². The molecule has 0 unspecified atom stereocenters. The van der Waals surface area contributed by atoms with E-state index in [1.165, 1.54) is 48.3 Å². The Bertz CT molecular complexity index is 1400. The third kappa shape index (κ3) is 4.33. The second kappa shape index (κ2) is 9.21. The Morgan fingerprint density at radius 3 is 2.52 bits per heavy atom. The maximum Gasteiger partial charge on any atom is 0.293 e. The maximum absolute atomic E-state index is 14.4. The Balaban J connectivity index is 1.74. The second-order valence-electron chi connectivity index (χ2n) is 6.89. The maximum atomic E-state index is 14.4. The molecule has 0 N–H and O–H groups in total. The van der Waals surface area contributed by atoms with Crippen LogP contribution in [0.15, 0.2) is 82.7 Å². The first-order valence-corrected chi connectivity index (χ1v) is 11.2. The average Bonchev–Trinajstić information content (AvgIpc) is 3.32. The van der Waals surface area contributed by atoms with E-state index in [2.05, 4.69) is 15.0 Å². The van der Waals surface area contributed by atoms with Crippen molar-refractivity contribution in [3.8, 4) is 22.7 Å². The Kier molecular flexibility index (Phi) is 6.18. The Morgan fingerprint density at radius 1 is 1.03 bits per heavy atom. The molecule has 0 amide bonds. The second-order valence-corrected chi connectivity index (χ2v) is 8.81. The number of sulfone groups is 1. The van der Waals surface area contributed by atoms with Gasteiger partial charge in [0.15, 0.2) is 5.82 Å². The summed E-state index contributed by atoms with van der Waals surface area (Å²) in [6.07, 6.45) is 1.44. The van der Waals surface area contributed by atoms with Crippen LogP contribution in [0.5, 0.6) is 5.75 Å². The summed E-state index contributed by atoms with van der Waals surface area (Å²) >= 11 is 0. The molecule has 0 fully saturated rings. The lowest BCUT2D eigenvalue weighted by atomic mass is 10.2. The quantitative estimate of drug-likeness (QED) is 0.365. The van der Waals surface area contributed by atoms with Crippen LogP contribution in [-0.4, -0.2) is 37.0 Å². The van der Waals surface area contributed by atoms with E-state index in [4.69, 9.17) is 4.74 Å². The molecule has 8 nitrogen and oxygen atoms in total. The van der Waals surface area contributed by atoms with Crippen LogP contribution in [0.4, 0.5) is 4.39 Å². The van der Waals surface area contributed by atoms with E-state index < -0.39 is 15.7 Å². The molecule has 0 aliphatic rings. The minimum atomic E-state index is -3.92. The van der Waals surface area contributed by atoms with Gasteiger partial charge in [0, 0.05) is 5.56 Å². The zero-order valence-corrected chi connectivity index (χ0v) is 18.2. The molecule has 0 bridgehead atoms. The molecule has 168 valence electrons. The molecule has 33 heavy (non-hydrogen) atoms. The number of para-hydroxylation sites is 1. The minimum Gasteiger partial charge on any atom is -0.494 e. The van der Waals surface area contributed by atoms with E-state index in [-0.39, 0.29) is 33.5 Å². The average molecular weight is 467 g/mol. The van der Waals surface area contributed by atoms with Gasteiger partial charge in [-0.2, -0.15) is 0 Å². The first-order chi connectivity index (χ1) is 16.0.